The molecule has 3 aromatic carbocycles. The van der Waals surface area contributed by atoms with Crippen molar-refractivity contribution in [3.8, 4) is 23.1 Å². The van der Waals surface area contributed by atoms with Gasteiger partial charge >= 0.3 is 0 Å². The van der Waals surface area contributed by atoms with Crippen molar-refractivity contribution in [1.82, 2.24) is 14.8 Å². The molecule has 1 saturated heterocycles. The van der Waals surface area contributed by atoms with Crippen LogP contribution in [0.1, 0.15) is 36.7 Å². The number of rotatable bonds is 5. The van der Waals surface area contributed by atoms with Crippen LogP contribution in [0.5, 0.6) is 5.75 Å². The second kappa shape index (κ2) is 9.21. The van der Waals surface area contributed by atoms with Gasteiger partial charge in [0.1, 0.15) is 18.1 Å². The lowest BCUT2D eigenvalue weighted by molar-refractivity contribution is -0.0365. The largest absolute Gasteiger partial charge is 0.487 e. The Morgan fingerprint density at radius 3 is 2.74 bits per heavy atom. The van der Waals surface area contributed by atoms with Crippen LogP contribution in [0, 0.1) is 11.3 Å². The predicted molar refractivity (Wildman–Crippen MR) is 135 cm³/mol. The summed E-state index contributed by atoms with van der Waals surface area (Å²) in [6.45, 7) is 1.18. The van der Waals surface area contributed by atoms with E-state index in [4.69, 9.17) is 14.6 Å². The topological polar surface area (TPSA) is 73.0 Å². The fourth-order valence-electron chi connectivity index (χ4n) is 4.66. The van der Waals surface area contributed by atoms with Gasteiger partial charge in [-0.25, -0.2) is 4.68 Å². The van der Waals surface area contributed by atoms with Gasteiger partial charge < -0.3 is 9.47 Å². The zero-order valence-electron chi connectivity index (χ0n) is 19.2. The van der Waals surface area contributed by atoms with Gasteiger partial charge in [0.05, 0.1) is 22.8 Å². The highest BCUT2D eigenvalue weighted by molar-refractivity contribution is 5.97. The quantitative estimate of drug-likeness (QED) is 0.303. The molecule has 1 fully saturated rings. The summed E-state index contributed by atoms with van der Waals surface area (Å²) in [7, 11) is 0. The van der Waals surface area contributed by atoms with Crippen molar-refractivity contribution in [3.63, 3.8) is 0 Å². The number of benzene rings is 3. The number of ether oxygens (including phenoxy) is 2. The molecule has 0 N–H and O–H groups in total. The van der Waals surface area contributed by atoms with Crippen LogP contribution < -0.4 is 4.74 Å². The number of fused-ring (bicyclic) bond motifs is 2. The molecule has 1 aliphatic rings. The maximum atomic E-state index is 9.48. The first-order valence-corrected chi connectivity index (χ1v) is 11.9. The Hall–Kier alpha value is -4.21. The van der Waals surface area contributed by atoms with Gasteiger partial charge in [-0.05, 0) is 78.6 Å². The molecule has 0 spiro atoms. The minimum absolute atomic E-state index is 0.0767. The summed E-state index contributed by atoms with van der Waals surface area (Å²) in [6.07, 6.45) is 4.84. The van der Waals surface area contributed by atoms with E-state index in [2.05, 4.69) is 35.3 Å². The zero-order valence-corrected chi connectivity index (χ0v) is 19.2. The van der Waals surface area contributed by atoms with E-state index in [9.17, 15) is 5.26 Å². The molecule has 35 heavy (non-hydrogen) atoms. The monoisotopic (exact) mass is 460 g/mol. The Kier molecular flexibility index (Phi) is 5.61. The van der Waals surface area contributed by atoms with E-state index in [1.54, 1.807) is 6.20 Å². The minimum atomic E-state index is -0.0767. The molecule has 0 amide bonds. The number of hydrogen-bond donors (Lipinski definition) is 0. The summed E-state index contributed by atoms with van der Waals surface area (Å²) in [6, 6.07) is 26.2. The molecule has 2 aromatic heterocycles. The molecule has 5 aromatic rings. The molecule has 6 nitrogen and oxygen atoms in total. The smallest absolute Gasteiger partial charge is 0.150 e. The highest BCUT2D eigenvalue weighted by Crippen LogP contribution is 2.35. The lowest BCUT2D eigenvalue weighted by Crippen LogP contribution is -2.19. The Balaban J connectivity index is 1.36. The van der Waals surface area contributed by atoms with Crippen LogP contribution in [0.15, 0.2) is 79.0 Å². The lowest BCUT2D eigenvalue weighted by atomic mass is 10.0. The third kappa shape index (κ3) is 4.23. The SMILES string of the molecule is N#Cc1ccc2c(c1)c(-c1ccc3cc(OCc4ccccn4)ccc3c1)nn2C1CCCCO1. The summed E-state index contributed by atoms with van der Waals surface area (Å²) in [5.74, 6) is 0.804. The van der Waals surface area contributed by atoms with Crippen LogP contribution in [-0.2, 0) is 11.3 Å². The summed E-state index contributed by atoms with van der Waals surface area (Å²) in [5, 5.41) is 17.6. The van der Waals surface area contributed by atoms with Crippen molar-refractivity contribution < 1.29 is 9.47 Å². The molecule has 0 aliphatic carbocycles. The van der Waals surface area contributed by atoms with Gasteiger partial charge in [0.25, 0.3) is 0 Å². The predicted octanol–water partition coefficient (Wildman–Crippen LogP) is 6.40. The van der Waals surface area contributed by atoms with Gasteiger partial charge in [-0.1, -0.05) is 24.3 Å². The molecular weight excluding hydrogens is 436 g/mol. The lowest BCUT2D eigenvalue weighted by Gasteiger charge is -2.23. The van der Waals surface area contributed by atoms with Crippen LogP contribution in [0.25, 0.3) is 32.9 Å². The van der Waals surface area contributed by atoms with E-state index in [0.717, 1.165) is 70.2 Å². The molecular formula is C29H24N4O2. The molecule has 0 saturated carbocycles. The molecule has 1 aliphatic heterocycles. The fraction of sp³-hybridized carbons (Fsp3) is 0.207. The van der Waals surface area contributed by atoms with Gasteiger partial charge in [0, 0.05) is 23.8 Å². The standard InChI is InChI=1S/C29H24N4O2/c30-18-20-7-12-27-26(15-20)29(32-33(27)28-6-2-4-14-34-28)23-9-8-22-17-25(11-10-21(22)16-23)35-19-24-5-1-3-13-31-24/h1,3,5,7-13,15-17,28H,2,4,6,14,19H2. The van der Waals surface area contributed by atoms with Crippen molar-refractivity contribution in [2.24, 2.45) is 0 Å². The number of hydrogen-bond acceptors (Lipinski definition) is 5. The number of pyridine rings is 1. The van der Waals surface area contributed by atoms with Gasteiger partial charge in [-0.2, -0.15) is 10.4 Å². The molecule has 3 heterocycles. The second-order valence-corrected chi connectivity index (χ2v) is 8.79. The second-order valence-electron chi connectivity index (χ2n) is 8.79. The Morgan fingerprint density at radius 2 is 1.91 bits per heavy atom. The zero-order chi connectivity index (χ0) is 23.6. The van der Waals surface area contributed by atoms with E-state index in [0.29, 0.717) is 12.2 Å². The molecule has 6 rings (SSSR count). The van der Waals surface area contributed by atoms with Crippen molar-refractivity contribution in [3.05, 3.63) is 90.3 Å². The highest BCUT2D eigenvalue weighted by atomic mass is 16.5. The van der Waals surface area contributed by atoms with E-state index in [-0.39, 0.29) is 6.23 Å². The summed E-state index contributed by atoms with van der Waals surface area (Å²) >= 11 is 0. The van der Waals surface area contributed by atoms with Crippen molar-refractivity contribution in [1.29, 1.82) is 5.26 Å². The Labute approximate surface area is 203 Å². The highest BCUT2D eigenvalue weighted by Gasteiger charge is 2.22. The number of nitriles is 1. The van der Waals surface area contributed by atoms with Crippen molar-refractivity contribution >= 4 is 21.7 Å². The summed E-state index contributed by atoms with van der Waals surface area (Å²) in [5.41, 5.74) is 4.38. The summed E-state index contributed by atoms with van der Waals surface area (Å²) < 4.78 is 14.0. The first-order valence-electron chi connectivity index (χ1n) is 11.9. The third-order valence-electron chi connectivity index (χ3n) is 6.46. The van der Waals surface area contributed by atoms with Crippen LogP contribution >= 0.6 is 0 Å². The van der Waals surface area contributed by atoms with Crippen LogP contribution in [-0.4, -0.2) is 21.4 Å². The maximum absolute atomic E-state index is 9.48. The third-order valence-corrected chi connectivity index (χ3v) is 6.46. The van der Waals surface area contributed by atoms with Crippen molar-refractivity contribution in [2.45, 2.75) is 32.1 Å². The van der Waals surface area contributed by atoms with Gasteiger partial charge in [0.15, 0.2) is 6.23 Å². The van der Waals surface area contributed by atoms with Crippen LogP contribution in [0.2, 0.25) is 0 Å². The van der Waals surface area contributed by atoms with E-state index < -0.39 is 0 Å². The molecule has 0 bridgehead atoms. The molecule has 6 heteroatoms. The molecule has 0 radical (unpaired) electrons. The number of aromatic nitrogens is 3. The van der Waals surface area contributed by atoms with E-state index >= 15 is 0 Å². The fourth-order valence-corrected chi connectivity index (χ4v) is 4.66. The van der Waals surface area contributed by atoms with Crippen LogP contribution in [0.4, 0.5) is 0 Å². The Morgan fingerprint density at radius 1 is 1.00 bits per heavy atom. The maximum Gasteiger partial charge on any atom is 0.150 e. The first kappa shape index (κ1) is 21.3. The average Bonchev–Trinajstić information content (AvgIpc) is 3.31. The molecule has 1 unspecified atom stereocenters. The normalized spacial score (nSPS) is 15.8. The first-order chi connectivity index (χ1) is 17.3. The Bertz CT molecular complexity index is 1550. The van der Waals surface area contributed by atoms with Gasteiger partial charge in [0.2, 0.25) is 0 Å². The summed E-state index contributed by atoms with van der Waals surface area (Å²) in [4.78, 5) is 4.31. The van der Waals surface area contributed by atoms with Gasteiger partial charge in [-0.15, -0.1) is 0 Å². The van der Waals surface area contributed by atoms with E-state index in [1.165, 1.54) is 0 Å². The van der Waals surface area contributed by atoms with Crippen molar-refractivity contribution in [2.75, 3.05) is 6.61 Å². The minimum Gasteiger partial charge on any atom is -0.487 e. The van der Waals surface area contributed by atoms with Gasteiger partial charge in [-0.3, -0.25) is 4.98 Å². The average molecular weight is 461 g/mol. The van der Waals surface area contributed by atoms with Crippen LogP contribution in [0.3, 0.4) is 0 Å². The van der Waals surface area contributed by atoms with E-state index in [1.807, 2.05) is 53.2 Å². The molecule has 1 atom stereocenters. The molecule has 172 valence electrons. The number of nitrogens with zero attached hydrogens (tertiary/aromatic N) is 4.